The van der Waals surface area contributed by atoms with E-state index in [1.807, 2.05) is 48.5 Å². The van der Waals surface area contributed by atoms with Gasteiger partial charge in [-0.15, -0.1) is 29.1 Å². The number of hydrogen-bond donors (Lipinski definition) is 1. The summed E-state index contributed by atoms with van der Waals surface area (Å²) in [6, 6.07) is 25.2. The second kappa shape index (κ2) is 17.7. The number of rotatable bonds is 11. The van der Waals surface area contributed by atoms with Crippen LogP contribution in [0.2, 0.25) is 0 Å². The van der Waals surface area contributed by atoms with Crippen LogP contribution in [-0.4, -0.2) is 15.9 Å². The largest absolute Gasteiger partial charge is 0.512 e. The fourth-order valence-electron chi connectivity index (χ4n) is 7.16. The van der Waals surface area contributed by atoms with Gasteiger partial charge >= 0.3 is 0 Å². The van der Waals surface area contributed by atoms with Crippen LogP contribution in [0.25, 0.3) is 55.2 Å². The fraction of sp³-hybridized carbons (Fsp3) is 0.440. The molecule has 56 heavy (non-hydrogen) atoms. The number of fused-ring (bicyclic) bond motifs is 3. The number of pyridine rings is 1. The Hall–Kier alpha value is -3.99. The van der Waals surface area contributed by atoms with Gasteiger partial charge in [0.15, 0.2) is 5.78 Å². The van der Waals surface area contributed by atoms with Crippen LogP contribution in [0.1, 0.15) is 124 Å². The summed E-state index contributed by atoms with van der Waals surface area (Å²) in [4.78, 5) is 17.2. The molecule has 3 aromatic carbocycles. The number of carbonyl (C=O) groups is 1. The number of allylic oxidation sites excluding steroid dienone is 2. The molecule has 0 aliphatic rings. The molecule has 0 bridgehead atoms. The summed E-state index contributed by atoms with van der Waals surface area (Å²) >= 11 is 0. The normalized spacial score (nSPS) is 12.6. The number of aliphatic hydroxyl groups excluding tert-OH is 1. The van der Waals surface area contributed by atoms with E-state index in [0.29, 0.717) is 11.6 Å². The van der Waals surface area contributed by atoms with E-state index >= 15 is 0 Å². The molecule has 1 radical (unpaired) electrons. The van der Waals surface area contributed by atoms with Gasteiger partial charge in [0.25, 0.3) is 0 Å². The number of ketones is 1. The minimum absolute atomic E-state index is 0. The second-order valence-electron chi connectivity index (χ2n) is 17.4. The Kier molecular flexibility index (Phi) is 14.1. The number of hydrogen-bond acceptors (Lipinski definition) is 5. The summed E-state index contributed by atoms with van der Waals surface area (Å²) in [7, 11) is 0. The van der Waals surface area contributed by atoms with Crippen LogP contribution in [0.4, 0.5) is 0 Å². The van der Waals surface area contributed by atoms with Gasteiger partial charge in [-0.05, 0) is 80.2 Å². The van der Waals surface area contributed by atoms with E-state index in [1.54, 1.807) is 0 Å². The first-order valence-electron chi connectivity index (χ1n) is 20.2. The van der Waals surface area contributed by atoms with Crippen molar-refractivity contribution in [3.05, 3.63) is 101 Å². The van der Waals surface area contributed by atoms with Crippen molar-refractivity contribution in [3.8, 4) is 22.4 Å². The number of nitrogens with zero attached hydrogens (tertiary/aromatic N) is 1. The van der Waals surface area contributed by atoms with Crippen molar-refractivity contribution in [2.24, 2.45) is 16.7 Å². The predicted octanol–water partition coefficient (Wildman–Crippen LogP) is 14.6. The fourth-order valence-corrected chi connectivity index (χ4v) is 7.16. The third-order valence-electron chi connectivity index (χ3n) is 12.1. The molecule has 6 aromatic rings. The van der Waals surface area contributed by atoms with Crippen molar-refractivity contribution >= 4 is 38.6 Å². The van der Waals surface area contributed by atoms with Gasteiger partial charge in [0.2, 0.25) is 5.71 Å². The van der Waals surface area contributed by atoms with Gasteiger partial charge in [-0.2, -0.15) is 0 Å². The Morgan fingerprint density at radius 2 is 1.50 bits per heavy atom. The molecule has 0 saturated carbocycles. The van der Waals surface area contributed by atoms with E-state index < -0.39 is 0 Å². The molecule has 3 heterocycles. The van der Waals surface area contributed by atoms with Crippen molar-refractivity contribution in [1.82, 2.24) is 4.98 Å². The third-order valence-corrected chi connectivity index (χ3v) is 12.1. The summed E-state index contributed by atoms with van der Waals surface area (Å²) in [6.45, 7) is 27.4. The molecule has 6 heteroatoms. The van der Waals surface area contributed by atoms with Crippen LogP contribution in [0.15, 0.2) is 81.3 Å². The van der Waals surface area contributed by atoms with Crippen LogP contribution in [0.3, 0.4) is 0 Å². The predicted molar refractivity (Wildman–Crippen MR) is 231 cm³/mol. The Morgan fingerprint density at radius 3 is 2.11 bits per heavy atom. The van der Waals surface area contributed by atoms with E-state index in [9.17, 15) is 9.90 Å². The molecule has 0 unspecified atom stereocenters. The number of aryl methyl sites for hydroxylation is 2. The van der Waals surface area contributed by atoms with Gasteiger partial charge in [0.05, 0.1) is 0 Å². The molecule has 6 rings (SSSR count). The van der Waals surface area contributed by atoms with Crippen LogP contribution in [0, 0.1) is 36.7 Å². The SMILES string of the molecule is CCC(C)(CC)C(=O)/C=C(\O)C(C)(CC)CC.Cc1oc2nc(-c3[c-]c4ccccc4c(C(C)(C)C)c3)cc(-c3ccc4oc(CC(C)C)cc4c3)c2c1C.[Ir]. The number of furan rings is 2. The molecule has 0 fully saturated rings. The first kappa shape index (κ1) is 44.7. The number of aliphatic hydroxyl groups is 1. The maximum Gasteiger partial charge on any atom is 0.220 e. The van der Waals surface area contributed by atoms with E-state index in [4.69, 9.17) is 13.8 Å². The smallest absolute Gasteiger partial charge is 0.220 e. The number of benzene rings is 3. The summed E-state index contributed by atoms with van der Waals surface area (Å²) in [6.07, 6.45) is 5.69. The molecule has 3 aromatic heterocycles. The van der Waals surface area contributed by atoms with Crippen LogP contribution < -0.4 is 0 Å². The molecule has 5 nitrogen and oxygen atoms in total. The van der Waals surface area contributed by atoms with Gasteiger partial charge in [-0.1, -0.05) is 117 Å². The standard InChI is InChI=1S/C35H34NO2.C15H28O2.Ir/c1-20(2)14-27-17-26-16-24(12-13-32(26)38-27)29-19-31(36-34-33(29)21(3)22(4)37-34)25-15-23-10-8-9-11-28(23)30(18-25)35(5,6)7;1-7-14(5,8-2)12(16)11-13(17)15(6,9-3)10-4;/h8-13,16-20H,14H2,1-7H3;11,16H,7-10H2,1-6H3;/q-1;;/b;12-11-;. The van der Waals surface area contributed by atoms with Crippen LogP contribution in [-0.2, 0) is 36.7 Å². The monoisotopic (exact) mass is 933 g/mol. The molecular weight excluding hydrogens is 871 g/mol. The minimum Gasteiger partial charge on any atom is -0.512 e. The second-order valence-corrected chi connectivity index (χ2v) is 17.4. The Labute approximate surface area is 348 Å². The van der Waals surface area contributed by atoms with E-state index in [0.717, 1.165) is 93.3 Å². The Bertz CT molecular complexity index is 2340. The summed E-state index contributed by atoms with van der Waals surface area (Å²) < 4.78 is 12.3. The summed E-state index contributed by atoms with van der Waals surface area (Å²) in [5.74, 6) is 2.76. The zero-order valence-electron chi connectivity index (χ0n) is 35.9. The Morgan fingerprint density at radius 1 is 0.857 bits per heavy atom. The average molecular weight is 933 g/mol. The first-order chi connectivity index (χ1) is 25.9. The molecule has 0 aliphatic heterocycles. The van der Waals surface area contributed by atoms with E-state index in [2.05, 4.69) is 108 Å². The van der Waals surface area contributed by atoms with Gasteiger partial charge in [-0.3, -0.25) is 9.78 Å². The zero-order chi connectivity index (χ0) is 40.5. The van der Waals surface area contributed by atoms with E-state index in [1.165, 1.54) is 17.0 Å². The van der Waals surface area contributed by atoms with Gasteiger partial charge in [0, 0.05) is 65.5 Å². The summed E-state index contributed by atoms with van der Waals surface area (Å²) in [5.41, 5.74) is 7.47. The molecule has 1 N–H and O–H groups in total. The molecule has 0 spiro atoms. The maximum absolute atomic E-state index is 12.2. The maximum atomic E-state index is 12.2. The van der Waals surface area contributed by atoms with Crippen molar-refractivity contribution in [3.63, 3.8) is 0 Å². The van der Waals surface area contributed by atoms with E-state index in [-0.39, 0.29) is 47.9 Å². The van der Waals surface area contributed by atoms with Crippen molar-refractivity contribution in [1.29, 1.82) is 0 Å². The minimum atomic E-state index is -0.337. The molecule has 0 saturated heterocycles. The Balaban J connectivity index is 0.000000330. The zero-order valence-corrected chi connectivity index (χ0v) is 38.3. The third kappa shape index (κ3) is 9.24. The molecule has 0 aliphatic carbocycles. The van der Waals surface area contributed by atoms with Gasteiger partial charge in [0.1, 0.15) is 22.9 Å². The van der Waals surface area contributed by atoms with Crippen LogP contribution >= 0.6 is 0 Å². The number of carbonyl (C=O) groups excluding carboxylic acids is 1. The molecular formula is C50H62IrNO4-. The quantitative estimate of drug-likeness (QED) is 0.0796. The van der Waals surface area contributed by atoms with Crippen molar-refractivity contribution in [2.75, 3.05) is 0 Å². The van der Waals surface area contributed by atoms with Gasteiger partial charge < -0.3 is 13.9 Å². The van der Waals surface area contributed by atoms with Crippen molar-refractivity contribution in [2.45, 2.75) is 128 Å². The van der Waals surface area contributed by atoms with Crippen LogP contribution in [0.5, 0.6) is 0 Å². The molecule has 0 atom stereocenters. The van der Waals surface area contributed by atoms with Crippen molar-refractivity contribution < 1.29 is 38.8 Å². The first-order valence-corrected chi connectivity index (χ1v) is 20.2. The summed E-state index contributed by atoms with van der Waals surface area (Å²) in [5, 5.41) is 14.7. The van der Waals surface area contributed by atoms with Gasteiger partial charge in [-0.25, -0.2) is 0 Å². The number of aromatic nitrogens is 1. The molecule has 0 amide bonds. The molecule has 301 valence electrons. The topological polar surface area (TPSA) is 76.5 Å². The average Bonchev–Trinajstić information content (AvgIpc) is 3.70.